The predicted octanol–water partition coefficient (Wildman–Crippen LogP) is 1.18. The van der Waals surface area contributed by atoms with Crippen molar-refractivity contribution >= 4 is 23.8 Å². The van der Waals surface area contributed by atoms with Crippen LogP contribution in [0.1, 0.15) is 30.6 Å². The van der Waals surface area contributed by atoms with Gasteiger partial charge in [0.1, 0.15) is 11.9 Å². The van der Waals surface area contributed by atoms with Gasteiger partial charge in [0.05, 0.1) is 13.0 Å². The lowest BCUT2D eigenvalue weighted by Gasteiger charge is -2.16. The molecule has 0 aliphatic rings. The van der Waals surface area contributed by atoms with Crippen molar-refractivity contribution in [1.29, 1.82) is 0 Å². The van der Waals surface area contributed by atoms with Crippen LogP contribution in [0.3, 0.4) is 0 Å². The van der Waals surface area contributed by atoms with Gasteiger partial charge < -0.3 is 20.5 Å². The lowest BCUT2D eigenvalue weighted by molar-refractivity contribution is -0.146. The monoisotopic (exact) mass is 368 g/mol. The maximum absolute atomic E-state index is 12.8. The number of hydrogen-bond acceptors (Lipinski definition) is 6. The minimum atomic E-state index is -1.38. The number of Topliss-reactive ketones (excluding diaryl/α,β-unsaturated/α-hetero) is 1. The Bertz CT molecular complexity index is 660. The molecule has 0 aromatic heterocycles. The van der Waals surface area contributed by atoms with E-state index in [4.69, 9.17) is 15.2 Å². The highest BCUT2D eigenvalue weighted by molar-refractivity contribution is 5.98. The largest absolute Gasteiger partial charge is 0.456 e. The highest BCUT2D eigenvalue weighted by Gasteiger charge is 2.26. The van der Waals surface area contributed by atoms with Crippen LogP contribution in [0.15, 0.2) is 24.3 Å². The van der Waals surface area contributed by atoms with E-state index >= 15 is 0 Å². The first-order valence-corrected chi connectivity index (χ1v) is 7.86. The number of hydrogen-bond donors (Lipinski definition) is 2. The van der Waals surface area contributed by atoms with E-state index < -0.39 is 48.6 Å². The second-order valence-electron chi connectivity index (χ2n) is 5.90. The van der Waals surface area contributed by atoms with Gasteiger partial charge in [-0.2, -0.15) is 0 Å². The molecule has 1 aromatic carbocycles. The van der Waals surface area contributed by atoms with E-state index in [1.807, 2.05) is 13.8 Å². The molecule has 9 heteroatoms. The molecule has 0 fully saturated rings. The molecule has 0 aliphatic carbocycles. The lowest BCUT2D eigenvalue weighted by atomic mass is 10.1. The van der Waals surface area contributed by atoms with Crippen molar-refractivity contribution in [3.63, 3.8) is 0 Å². The first kappa shape index (κ1) is 21.1. The smallest absolute Gasteiger partial charge is 0.407 e. The fourth-order valence-corrected chi connectivity index (χ4v) is 1.78. The Morgan fingerprint density at radius 3 is 2.27 bits per heavy atom. The molecule has 0 saturated heterocycles. The molecule has 0 bridgehead atoms. The van der Waals surface area contributed by atoms with Crippen molar-refractivity contribution in [3.8, 4) is 0 Å². The van der Waals surface area contributed by atoms with Crippen LogP contribution in [0, 0.1) is 11.7 Å². The van der Waals surface area contributed by atoms with Crippen molar-refractivity contribution in [3.05, 3.63) is 35.6 Å². The second kappa shape index (κ2) is 10.1. The van der Waals surface area contributed by atoms with Crippen molar-refractivity contribution in [1.82, 2.24) is 5.32 Å². The van der Waals surface area contributed by atoms with Crippen LogP contribution in [0.4, 0.5) is 9.18 Å². The number of carbonyl (C=O) groups is 4. The first-order valence-electron chi connectivity index (χ1n) is 7.86. The Hall–Kier alpha value is -2.97. The van der Waals surface area contributed by atoms with E-state index in [2.05, 4.69) is 5.32 Å². The lowest BCUT2D eigenvalue weighted by Crippen LogP contribution is -2.45. The zero-order valence-electron chi connectivity index (χ0n) is 14.5. The normalized spacial score (nSPS) is 11.5. The van der Waals surface area contributed by atoms with Gasteiger partial charge in [0.25, 0.3) is 0 Å². The van der Waals surface area contributed by atoms with E-state index in [0.717, 1.165) is 12.1 Å². The molecule has 0 radical (unpaired) electrons. The Morgan fingerprint density at radius 1 is 1.12 bits per heavy atom. The van der Waals surface area contributed by atoms with Crippen LogP contribution in [-0.4, -0.2) is 43.0 Å². The van der Waals surface area contributed by atoms with E-state index in [-0.39, 0.29) is 18.1 Å². The third-order valence-electron chi connectivity index (χ3n) is 3.04. The number of ketones is 1. The maximum Gasteiger partial charge on any atom is 0.407 e. The average molecular weight is 368 g/mol. The summed E-state index contributed by atoms with van der Waals surface area (Å²) in [5.74, 6) is -2.86. The van der Waals surface area contributed by atoms with Crippen LogP contribution in [0.5, 0.6) is 0 Å². The molecule has 8 nitrogen and oxygen atoms in total. The van der Waals surface area contributed by atoms with Crippen molar-refractivity contribution < 1.29 is 33.0 Å². The number of alkyl carbamates (subject to hydrolysis) is 1. The molecule has 1 atom stereocenters. The molecule has 0 saturated carbocycles. The fourth-order valence-electron chi connectivity index (χ4n) is 1.78. The van der Waals surface area contributed by atoms with Gasteiger partial charge in [-0.3, -0.25) is 9.59 Å². The van der Waals surface area contributed by atoms with Crippen LogP contribution in [0.25, 0.3) is 0 Å². The summed E-state index contributed by atoms with van der Waals surface area (Å²) >= 11 is 0. The number of primary amides is 1. The summed E-state index contributed by atoms with van der Waals surface area (Å²) in [4.78, 5) is 46.6. The van der Waals surface area contributed by atoms with Gasteiger partial charge in [-0.05, 0) is 30.2 Å². The summed E-state index contributed by atoms with van der Waals surface area (Å²) in [6, 6.07) is 3.30. The van der Waals surface area contributed by atoms with Crippen LogP contribution in [-0.2, 0) is 19.1 Å². The number of nitrogens with one attached hydrogen (secondary N) is 1. The zero-order chi connectivity index (χ0) is 19.7. The molecule has 1 aromatic rings. The standard InChI is InChI=1S/C17H21FN2O6/c1-10(2)8-26-17(24)20-13(7-15(19)22)16(23)25-9-14(21)11-3-5-12(18)6-4-11/h3-6,10,13H,7-9H2,1-2H3,(H2,19,22)(H,20,24)/t13-/m0/s1. The van der Waals surface area contributed by atoms with Crippen LogP contribution in [0.2, 0.25) is 0 Å². The molecule has 3 N–H and O–H groups in total. The summed E-state index contributed by atoms with van der Waals surface area (Å²) < 4.78 is 22.5. The van der Waals surface area contributed by atoms with Gasteiger partial charge in [0.15, 0.2) is 12.4 Å². The molecule has 0 unspecified atom stereocenters. The molecule has 0 aliphatic heterocycles. The Kier molecular flexibility index (Phi) is 8.20. The molecule has 1 rings (SSSR count). The van der Waals surface area contributed by atoms with Gasteiger partial charge in [-0.15, -0.1) is 0 Å². The molecule has 2 amide bonds. The number of nitrogens with two attached hydrogens (primary N) is 1. The topological polar surface area (TPSA) is 125 Å². The molecule has 26 heavy (non-hydrogen) atoms. The SMILES string of the molecule is CC(C)COC(=O)N[C@@H](CC(N)=O)C(=O)OCC(=O)c1ccc(F)cc1. The number of benzene rings is 1. The first-order chi connectivity index (χ1) is 12.2. The molecular formula is C17H21FN2O6. The van der Waals surface area contributed by atoms with Gasteiger partial charge in [-0.1, -0.05) is 13.8 Å². The Balaban J connectivity index is 2.61. The van der Waals surface area contributed by atoms with E-state index in [9.17, 15) is 23.6 Å². The number of amides is 2. The van der Waals surface area contributed by atoms with Gasteiger partial charge in [0, 0.05) is 5.56 Å². The van der Waals surface area contributed by atoms with Gasteiger partial charge >= 0.3 is 12.1 Å². The molecule has 142 valence electrons. The number of rotatable bonds is 9. The summed E-state index contributed by atoms with van der Waals surface area (Å²) in [7, 11) is 0. The van der Waals surface area contributed by atoms with Crippen molar-refractivity contribution in [2.45, 2.75) is 26.3 Å². The zero-order valence-corrected chi connectivity index (χ0v) is 14.5. The Morgan fingerprint density at radius 2 is 1.73 bits per heavy atom. The highest BCUT2D eigenvalue weighted by atomic mass is 19.1. The minimum Gasteiger partial charge on any atom is -0.456 e. The Labute approximate surface area is 149 Å². The third-order valence-corrected chi connectivity index (χ3v) is 3.04. The van der Waals surface area contributed by atoms with Crippen molar-refractivity contribution in [2.75, 3.05) is 13.2 Å². The third kappa shape index (κ3) is 7.73. The van der Waals surface area contributed by atoms with E-state index in [1.165, 1.54) is 12.1 Å². The number of halogens is 1. The average Bonchev–Trinajstić information content (AvgIpc) is 2.57. The van der Waals surface area contributed by atoms with E-state index in [0.29, 0.717) is 0 Å². The summed E-state index contributed by atoms with van der Waals surface area (Å²) in [6.07, 6.45) is -1.42. The van der Waals surface area contributed by atoms with Crippen LogP contribution >= 0.6 is 0 Å². The maximum atomic E-state index is 12.8. The van der Waals surface area contributed by atoms with E-state index in [1.54, 1.807) is 0 Å². The number of ether oxygens (including phenoxy) is 2. The number of esters is 1. The molecular weight excluding hydrogens is 347 g/mol. The predicted molar refractivity (Wildman–Crippen MR) is 88.6 cm³/mol. The van der Waals surface area contributed by atoms with Gasteiger partial charge in [-0.25, -0.2) is 14.0 Å². The molecule has 0 spiro atoms. The van der Waals surface area contributed by atoms with Crippen molar-refractivity contribution in [2.24, 2.45) is 11.7 Å². The summed E-state index contributed by atoms with van der Waals surface area (Å²) in [5.41, 5.74) is 5.20. The molecule has 0 heterocycles. The second-order valence-corrected chi connectivity index (χ2v) is 5.90. The summed E-state index contributed by atoms with van der Waals surface area (Å²) in [6.45, 7) is 3.13. The quantitative estimate of drug-likeness (QED) is 0.498. The van der Waals surface area contributed by atoms with Gasteiger partial charge in [0.2, 0.25) is 5.91 Å². The minimum absolute atomic E-state index is 0.0793. The fraction of sp³-hybridized carbons (Fsp3) is 0.412. The summed E-state index contributed by atoms with van der Waals surface area (Å²) in [5, 5.41) is 2.18. The van der Waals surface area contributed by atoms with Crippen LogP contribution < -0.4 is 11.1 Å². The highest BCUT2D eigenvalue weighted by Crippen LogP contribution is 2.05. The number of carbonyl (C=O) groups excluding carboxylic acids is 4.